The van der Waals surface area contributed by atoms with Crippen molar-refractivity contribution < 1.29 is 4.39 Å². The van der Waals surface area contributed by atoms with E-state index in [9.17, 15) is 4.39 Å². The number of halogens is 2. The van der Waals surface area contributed by atoms with Crippen molar-refractivity contribution in [3.63, 3.8) is 0 Å². The van der Waals surface area contributed by atoms with Gasteiger partial charge in [0.25, 0.3) is 0 Å². The first kappa shape index (κ1) is 16.2. The van der Waals surface area contributed by atoms with E-state index in [4.69, 9.17) is 5.73 Å². The van der Waals surface area contributed by atoms with Gasteiger partial charge in [-0.15, -0.1) is 12.4 Å². The van der Waals surface area contributed by atoms with Crippen molar-refractivity contribution in [3.05, 3.63) is 78.0 Å². The summed E-state index contributed by atoms with van der Waals surface area (Å²) in [5.74, 6) is 0.484. The minimum atomic E-state index is -0.251. The van der Waals surface area contributed by atoms with Crippen LogP contribution >= 0.6 is 12.4 Å². The number of nitrogens with one attached hydrogen (secondary N) is 1. The molecule has 0 aliphatic rings. The van der Waals surface area contributed by atoms with Crippen molar-refractivity contribution in [1.29, 1.82) is 0 Å². The van der Waals surface area contributed by atoms with Gasteiger partial charge in [0.05, 0.1) is 17.9 Å². The van der Waals surface area contributed by atoms with E-state index in [1.807, 2.05) is 30.3 Å². The summed E-state index contributed by atoms with van der Waals surface area (Å²) >= 11 is 0. The lowest BCUT2D eigenvalue weighted by atomic mass is 10.1. The Kier molecular flexibility index (Phi) is 5.31. The van der Waals surface area contributed by atoms with E-state index in [0.29, 0.717) is 0 Å². The van der Waals surface area contributed by atoms with Crippen LogP contribution in [0.25, 0.3) is 11.3 Å². The molecule has 0 unspecified atom stereocenters. The number of H-pyrrole nitrogens is 1. The third kappa shape index (κ3) is 3.72. The van der Waals surface area contributed by atoms with Crippen molar-refractivity contribution in [1.82, 2.24) is 9.97 Å². The highest BCUT2D eigenvalue weighted by Gasteiger charge is 2.11. The molecule has 2 aromatic carbocycles. The minimum Gasteiger partial charge on any atom is -0.341 e. The van der Waals surface area contributed by atoms with E-state index >= 15 is 0 Å². The van der Waals surface area contributed by atoms with Gasteiger partial charge in [-0.05, 0) is 41.8 Å². The number of hydrogen-bond acceptors (Lipinski definition) is 2. The second-order valence-electron chi connectivity index (χ2n) is 4.99. The summed E-state index contributed by atoms with van der Waals surface area (Å²) in [5.41, 5.74) is 9.09. The molecule has 3 rings (SSSR count). The number of aromatic nitrogens is 2. The minimum absolute atomic E-state index is 0. The van der Waals surface area contributed by atoms with Crippen LogP contribution in [0.1, 0.15) is 17.4 Å². The molecule has 0 saturated heterocycles. The van der Waals surface area contributed by atoms with E-state index in [1.165, 1.54) is 17.7 Å². The number of hydrogen-bond donors (Lipinski definition) is 2. The van der Waals surface area contributed by atoms with Crippen LogP contribution in [-0.2, 0) is 6.42 Å². The Morgan fingerprint density at radius 1 is 1.05 bits per heavy atom. The maximum absolute atomic E-state index is 12.9. The van der Waals surface area contributed by atoms with Crippen LogP contribution in [0.4, 0.5) is 4.39 Å². The van der Waals surface area contributed by atoms with Crippen LogP contribution < -0.4 is 5.73 Å². The van der Waals surface area contributed by atoms with Gasteiger partial charge in [0.15, 0.2) is 0 Å². The van der Waals surface area contributed by atoms with Gasteiger partial charge < -0.3 is 10.7 Å². The monoisotopic (exact) mass is 317 g/mol. The molecular weight excluding hydrogens is 301 g/mol. The largest absolute Gasteiger partial charge is 0.341 e. The molecule has 0 bridgehead atoms. The molecular formula is C17H17ClFN3. The van der Waals surface area contributed by atoms with E-state index in [2.05, 4.69) is 9.97 Å². The van der Waals surface area contributed by atoms with Crippen molar-refractivity contribution in [2.24, 2.45) is 5.73 Å². The summed E-state index contributed by atoms with van der Waals surface area (Å²) in [6.45, 7) is 0. The fourth-order valence-corrected chi connectivity index (χ4v) is 2.27. The van der Waals surface area contributed by atoms with Crippen molar-refractivity contribution in [2.45, 2.75) is 12.5 Å². The molecule has 0 spiro atoms. The summed E-state index contributed by atoms with van der Waals surface area (Å²) in [6, 6.07) is 16.2. The lowest BCUT2D eigenvalue weighted by Crippen LogP contribution is -2.14. The van der Waals surface area contributed by atoms with E-state index < -0.39 is 0 Å². The average molecular weight is 318 g/mol. The molecule has 5 heteroatoms. The van der Waals surface area contributed by atoms with Crippen molar-refractivity contribution in [2.75, 3.05) is 0 Å². The smallest absolute Gasteiger partial charge is 0.123 e. The van der Waals surface area contributed by atoms with Crippen LogP contribution in [0, 0.1) is 5.82 Å². The van der Waals surface area contributed by atoms with Crippen LogP contribution in [-0.4, -0.2) is 9.97 Å². The molecule has 3 nitrogen and oxygen atoms in total. The highest BCUT2D eigenvalue weighted by atomic mass is 35.5. The Morgan fingerprint density at radius 3 is 2.41 bits per heavy atom. The second kappa shape index (κ2) is 7.20. The van der Waals surface area contributed by atoms with Gasteiger partial charge in [-0.25, -0.2) is 9.37 Å². The Labute approximate surface area is 134 Å². The number of imidazole rings is 1. The maximum atomic E-state index is 12.9. The molecule has 1 aromatic heterocycles. The third-order valence-electron chi connectivity index (χ3n) is 3.40. The normalized spacial score (nSPS) is 11.7. The Hall–Kier alpha value is -2.17. The zero-order chi connectivity index (χ0) is 14.7. The lowest BCUT2D eigenvalue weighted by molar-refractivity contribution is 0.628. The summed E-state index contributed by atoms with van der Waals surface area (Å²) in [6.07, 6.45) is 2.45. The van der Waals surface area contributed by atoms with Gasteiger partial charge in [0.2, 0.25) is 0 Å². The first-order chi connectivity index (χ1) is 10.2. The van der Waals surface area contributed by atoms with Crippen LogP contribution in [0.2, 0.25) is 0 Å². The zero-order valence-electron chi connectivity index (χ0n) is 11.9. The van der Waals surface area contributed by atoms with Gasteiger partial charge in [0.1, 0.15) is 11.6 Å². The fourth-order valence-electron chi connectivity index (χ4n) is 2.27. The van der Waals surface area contributed by atoms with Crippen LogP contribution in [0.15, 0.2) is 60.8 Å². The Balaban J connectivity index is 0.00000176. The second-order valence-corrected chi connectivity index (χ2v) is 4.99. The zero-order valence-corrected chi connectivity index (χ0v) is 12.7. The van der Waals surface area contributed by atoms with Gasteiger partial charge in [-0.2, -0.15) is 0 Å². The quantitative estimate of drug-likeness (QED) is 0.767. The number of nitrogens with two attached hydrogens (primary N) is 1. The molecule has 22 heavy (non-hydrogen) atoms. The highest BCUT2D eigenvalue weighted by molar-refractivity contribution is 5.85. The molecule has 114 valence electrons. The summed E-state index contributed by atoms with van der Waals surface area (Å²) in [7, 11) is 0. The first-order valence-electron chi connectivity index (χ1n) is 6.83. The Morgan fingerprint density at radius 2 is 1.73 bits per heavy atom. The number of aromatic amines is 1. The molecule has 1 atom stereocenters. The number of nitrogens with zero attached hydrogens (tertiary/aromatic N) is 1. The molecule has 0 amide bonds. The van der Waals surface area contributed by atoms with E-state index in [0.717, 1.165) is 23.5 Å². The van der Waals surface area contributed by atoms with E-state index in [-0.39, 0.29) is 24.3 Å². The lowest BCUT2D eigenvalue weighted by Gasteiger charge is -2.08. The molecule has 1 heterocycles. The molecule has 0 radical (unpaired) electrons. The highest BCUT2D eigenvalue weighted by Crippen LogP contribution is 2.20. The first-order valence-corrected chi connectivity index (χ1v) is 6.83. The van der Waals surface area contributed by atoms with Gasteiger partial charge >= 0.3 is 0 Å². The SMILES string of the molecule is Cl.N[C@H](Cc1ccccc1)c1ncc(-c2ccc(F)cc2)[nH]1. The molecule has 0 fully saturated rings. The third-order valence-corrected chi connectivity index (χ3v) is 3.40. The molecule has 0 aliphatic carbocycles. The Bertz CT molecular complexity index is 710. The summed E-state index contributed by atoms with van der Waals surface area (Å²) in [5, 5.41) is 0. The number of benzene rings is 2. The average Bonchev–Trinajstić information content (AvgIpc) is 2.99. The van der Waals surface area contributed by atoms with E-state index in [1.54, 1.807) is 18.3 Å². The van der Waals surface area contributed by atoms with Crippen LogP contribution in [0.3, 0.4) is 0 Å². The van der Waals surface area contributed by atoms with Crippen LogP contribution in [0.5, 0.6) is 0 Å². The molecule has 3 N–H and O–H groups in total. The van der Waals surface area contributed by atoms with Gasteiger partial charge in [-0.1, -0.05) is 30.3 Å². The maximum Gasteiger partial charge on any atom is 0.123 e. The van der Waals surface area contributed by atoms with Crippen molar-refractivity contribution in [3.8, 4) is 11.3 Å². The predicted molar refractivity (Wildman–Crippen MR) is 88.3 cm³/mol. The summed E-state index contributed by atoms with van der Waals surface area (Å²) in [4.78, 5) is 7.55. The standard InChI is InChI=1S/C17H16FN3.ClH/c18-14-8-6-13(7-9-14)16-11-20-17(21-16)15(19)10-12-4-2-1-3-5-12;/h1-9,11,15H,10,19H2,(H,20,21);1H/t15-;/m1./s1. The molecule has 0 saturated carbocycles. The van der Waals surface area contributed by atoms with Gasteiger partial charge in [0, 0.05) is 0 Å². The fraction of sp³-hybridized carbons (Fsp3) is 0.118. The number of rotatable bonds is 4. The molecule has 0 aliphatic heterocycles. The molecule has 3 aromatic rings. The topological polar surface area (TPSA) is 54.7 Å². The van der Waals surface area contributed by atoms with Crippen molar-refractivity contribution >= 4 is 12.4 Å². The predicted octanol–water partition coefficient (Wildman–Crippen LogP) is 3.88. The van der Waals surface area contributed by atoms with Gasteiger partial charge in [-0.3, -0.25) is 0 Å². The summed E-state index contributed by atoms with van der Waals surface area (Å²) < 4.78 is 12.9.